The molecule has 1 N–H and O–H groups in total. The van der Waals surface area contributed by atoms with Crippen molar-refractivity contribution >= 4 is 29.1 Å². The van der Waals surface area contributed by atoms with E-state index >= 15 is 0 Å². The number of benzene rings is 2. The van der Waals surface area contributed by atoms with Crippen molar-refractivity contribution in [3.63, 3.8) is 0 Å². The first kappa shape index (κ1) is 17.7. The second kappa shape index (κ2) is 7.48. The molecule has 2 amide bonds. The topological polar surface area (TPSA) is 67.9 Å². The number of rotatable bonds is 4. The van der Waals surface area contributed by atoms with E-state index in [0.29, 0.717) is 48.3 Å². The molecule has 4 rings (SSSR count). The van der Waals surface area contributed by atoms with Gasteiger partial charge in [-0.2, -0.15) is 0 Å². The van der Waals surface area contributed by atoms with Crippen molar-refractivity contribution in [1.29, 1.82) is 0 Å². The zero-order chi connectivity index (χ0) is 18.8. The third kappa shape index (κ3) is 3.71. The Morgan fingerprint density at radius 3 is 2.85 bits per heavy atom. The number of amides is 2. The van der Waals surface area contributed by atoms with E-state index in [1.807, 2.05) is 24.3 Å². The highest BCUT2D eigenvalue weighted by Gasteiger charge is 2.22. The summed E-state index contributed by atoms with van der Waals surface area (Å²) in [4.78, 5) is 26.2. The number of hydrogen-bond donors (Lipinski definition) is 1. The van der Waals surface area contributed by atoms with Crippen LogP contribution in [0.3, 0.4) is 0 Å². The predicted molar refractivity (Wildman–Crippen MR) is 102 cm³/mol. The van der Waals surface area contributed by atoms with Crippen LogP contribution in [0.15, 0.2) is 36.4 Å². The molecule has 1 saturated heterocycles. The summed E-state index contributed by atoms with van der Waals surface area (Å²) in [5.41, 5.74) is 2.20. The fraction of sp³-hybridized carbons (Fsp3) is 0.300. The average Bonchev–Trinajstić information content (AvgIpc) is 3.12. The van der Waals surface area contributed by atoms with Gasteiger partial charge >= 0.3 is 0 Å². The molecule has 0 spiro atoms. The Morgan fingerprint density at radius 2 is 2.04 bits per heavy atom. The summed E-state index contributed by atoms with van der Waals surface area (Å²) in [6.07, 6.45) is 1.47. The van der Waals surface area contributed by atoms with E-state index in [2.05, 4.69) is 5.32 Å². The van der Waals surface area contributed by atoms with E-state index in [9.17, 15) is 9.59 Å². The van der Waals surface area contributed by atoms with Crippen molar-refractivity contribution in [2.75, 3.05) is 24.7 Å². The van der Waals surface area contributed by atoms with Crippen LogP contribution in [0.1, 0.15) is 28.8 Å². The quantitative estimate of drug-likeness (QED) is 0.876. The maximum atomic E-state index is 12.5. The summed E-state index contributed by atoms with van der Waals surface area (Å²) in [6.45, 7) is 1.95. The van der Waals surface area contributed by atoms with Crippen molar-refractivity contribution in [3.05, 3.63) is 52.5 Å². The van der Waals surface area contributed by atoms with E-state index in [1.54, 1.807) is 17.0 Å². The molecule has 0 bridgehead atoms. The van der Waals surface area contributed by atoms with Gasteiger partial charge in [0, 0.05) is 30.8 Å². The summed E-state index contributed by atoms with van der Waals surface area (Å²) in [6, 6.07) is 10.9. The van der Waals surface area contributed by atoms with Crippen LogP contribution >= 0.6 is 11.6 Å². The maximum Gasteiger partial charge on any atom is 0.251 e. The van der Waals surface area contributed by atoms with Gasteiger partial charge in [-0.15, -0.1) is 0 Å². The summed E-state index contributed by atoms with van der Waals surface area (Å²) in [5.74, 6) is 0.842. The minimum atomic E-state index is -0.253. The Morgan fingerprint density at radius 1 is 1.19 bits per heavy atom. The van der Waals surface area contributed by atoms with Gasteiger partial charge in [0.2, 0.25) is 5.91 Å². The van der Waals surface area contributed by atoms with Crippen LogP contribution in [0.25, 0.3) is 0 Å². The van der Waals surface area contributed by atoms with Gasteiger partial charge < -0.3 is 19.7 Å². The van der Waals surface area contributed by atoms with Gasteiger partial charge in [-0.1, -0.05) is 23.7 Å². The lowest BCUT2D eigenvalue weighted by molar-refractivity contribution is -0.117. The lowest BCUT2D eigenvalue weighted by Crippen LogP contribution is -2.25. The average molecular weight is 387 g/mol. The fourth-order valence-electron chi connectivity index (χ4n) is 3.28. The van der Waals surface area contributed by atoms with Gasteiger partial charge in [0.15, 0.2) is 11.5 Å². The number of hydrogen-bond acceptors (Lipinski definition) is 4. The number of fused-ring (bicyclic) bond motifs is 1. The van der Waals surface area contributed by atoms with Crippen LogP contribution in [0.4, 0.5) is 5.69 Å². The summed E-state index contributed by atoms with van der Waals surface area (Å²) >= 11 is 6.19. The Hall–Kier alpha value is -2.73. The SMILES string of the molecule is O=C(NCc1cccc(N2CCCC2=O)c1)c1cc(Cl)c2c(c1)OCCO2. The molecule has 2 aromatic rings. The normalized spacial score (nSPS) is 15.7. The van der Waals surface area contributed by atoms with Crippen LogP contribution in [0.5, 0.6) is 11.5 Å². The lowest BCUT2D eigenvalue weighted by atomic mass is 10.1. The van der Waals surface area contributed by atoms with Crippen molar-refractivity contribution in [1.82, 2.24) is 5.32 Å². The molecular weight excluding hydrogens is 368 g/mol. The molecule has 0 atom stereocenters. The number of nitrogens with zero attached hydrogens (tertiary/aromatic N) is 1. The van der Waals surface area contributed by atoms with E-state index in [-0.39, 0.29) is 11.8 Å². The van der Waals surface area contributed by atoms with Crippen molar-refractivity contribution < 1.29 is 19.1 Å². The minimum absolute atomic E-state index is 0.141. The standard InChI is InChI=1S/C20H19ClN2O4/c21-16-10-14(11-17-19(16)27-8-7-26-17)20(25)22-12-13-3-1-4-15(9-13)23-6-2-5-18(23)24/h1,3-4,9-11H,2,5-8,12H2,(H,22,25). The fourth-order valence-corrected chi connectivity index (χ4v) is 3.55. The molecule has 2 aliphatic heterocycles. The molecule has 7 heteroatoms. The number of carbonyl (C=O) groups excluding carboxylic acids is 2. The van der Waals surface area contributed by atoms with Gasteiger partial charge in [0.1, 0.15) is 13.2 Å². The van der Waals surface area contributed by atoms with E-state index in [1.165, 1.54) is 0 Å². The van der Waals surface area contributed by atoms with Crippen LogP contribution in [0.2, 0.25) is 5.02 Å². The molecule has 0 radical (unpaired) electrons. The first-order chi connectivity index (χ1) is 13.1. The van der Waals surface area contributed by atoms with Crippen molar-refractivity contribution in [3.8, 4) is 11.5 Å². The second-order valence-corrected chi connectivity index (χ2v) is 6.89. The summed E-state index contributed by atoms with van der Waals surface area (Å²) in [5, 5.41) is 3.23. The van der Waals surface area contributed by atoms with Crippen LogP contribution < -0.4 is 19.7 Å². The molecule has 0 unspecified atom stereocenters. The minimum Gasteiger partial charge on any atom is -0.486 e. The third-order valence-corrected chi connectivity index (χ3v) is 4.89. The zero-order valence-electron chi connectivity index (χ0n) is 14.7. The molecular formula is C20H19ClN2O4. The van der Waals surface area contributed by atoms with Gasteiger partial charge in [0.25, 0.3) is 5.91 Å². The molecule has 1 fully saturated rings. The van der Waals surface area contributed by atoms with Gasteiger partial charge in [-0.05, 0) is 36.2 Å². The molecule has 0 aliphatic carbocycles. The van der Waals surface area contributed by atoms with Crippen LogP contribution in [-0.4, -0.2) is 31.6 Å². The molecule has 6 nitrogen and oxygen atoms in total. The summed E-state index contributed by atoms with van der Waals surface area (Å²) in [7, 11) is 0. The Kier molecular flexibility index (Phi) is 4.90. The highest BCUT2D eigenvalue weighted by atomic mass is 35.5. The molecule has 2 aromatic carbocycles. The Bertz CT molecular complexity index is 900. The molecule has 27 heavy (non-hydrogen) atoms. The number of carbonyl (C=O) groups is 2. The molecule has 140 valence electrons. The molecule has 0 aromatic heterocycles. The lowest BCUT2D eigenvalue weighted by Gasteiger charge is -2.20. The first-order valence-electron chi connectivity index (χ1n) is 8.88. The van der Waals surface area contributed by atoms with Gasteiger partial charge in [-0.25, -0.2) is 0 Å². The van der Waals surface area contributed by atoms with Crippen LogP contribution in [0, 0.1) is 0 Å². The van der Waals surface area contributed by atoms with E-state index in [4.69, 9.17) is 21.1 Å². The highest BCUT2D eigenvalue weighted by Crippen LogP contribution is 2.38. The first-order valence-corrected chi connectivity index (χ1v) is 9.26. The van der Waals surface area contributed by atoms with E-state index < -0.39 is 0 Å². The van der Waals surface area contributed by atoms with Crippen molar-refractivity contribution in [2.45, 2.75) is 19.4 Å². The number of ether oxygens (including phenoxy) is 2. The second-order valence-electron chi connectivity index (χ2n) is 6.48. The molecule has 2 aliphatic rings. The highest BCUT2D eigenvalue weighted by molar-refractivity contribution is 6.32. The number of nitrogens with one attached hydrogen (secondary N) is 1. The maximum absolute atomic E-state index is 12.5. The van der Waals surface area contributed by atoms with Gasteiger partial charge in [-0.3, -0.25) is 9.59 Å². The smallest absolute Gasteiger partial charge is 0.251 e. The largest absolute Gasteiger partial charge is 0.486 e. The Balaban J connectivity index is 1.45. The van der Waals surface area contributed by atoms with Crippen LogP contribution in [-0.2, 0) is 11.3 Å². The molecule has 0 saturated carbocycles. The monoisotopic (exact) mass is 386 g/mol. The van der Waals surface area contributed by atoms with Crippen molar-refractivity contribution in [2.24, 2.45) is 0 Å². The predicted octanol–water partition coefficient (Wildman–Crippen LogP) is 3.17. The zero-order valence-corrected chi connectivity index (χ0v) is 15.4. The number of halogens is 1. The number of anilines is 1. The third-order valence-electron chi connectivity index (χ3n) is 4.61. The van der Waals surface area contributed by atoms with E-state index in [0.717, 1.165) is 24.2 Å². The van der Waals surface area contributed by atoms with Gasteiger partial charge in [0.05, 0.1) is 5.02 Å². The Labute approximate surface area is 162 Å². The summed E-state index contributed by atoms with van der Waals surface area (Å²) < 4.78 is 11.0. The molecule has 2 heterocycles.